The molecule has 0 aromatic heterocycles. The zero-order valence-electron chi connectivity index (χ0n) is 19.0. The van der Waals surface area contributed by atoms with E-state index in [-0.39, 0.29) is 23.0 Å². The van der Waals surface area contributed by atoms with Crippen LogP contribution in [-0.2, 0) is 27.8 Å². The predicted octanol–water partition coefficient (Wildman–Crippen LogP) is 3.90. The van der Waals surface area contributed by atoms with Crippen LogP contribution in [0.15, 0.2) is 77.7 Å². The maximum atomic E-state index is 13.2. The van der Waals surface area contributed by atoms with E-state index in [9.17, 15) is 22.0 Å². The summed E-state index contributed by atoms with van der Waals surface area (Å²) in [5, 5.41) is 0. The first-order valence-electron chi connectivity index (χ1n) is 10.7. The summed E-state index contributed by atoms with van der Waals surface area (Å²) >= 11 is 0. The number of hydrogen-bond donors (Lipinski definition) is 1. The highest BCUT2D eigenvalue weighted by Crippen LogP contribution is 2.18. The van der Waals surface area contributed by atoms with E-state index in [4.69, 9.17) is 0 Å². The average molecular weight is 488 g/mol. The van der Waals surface area contributed by atoms with Crippen molar-refractivity contribution < 1.29 is 22.0 Å². The van der Waals surface area contributed by atoms with E-state index in [1.165, 1.54) is 24.3 Å². The number of likely N-dealkylation sites (N-methyl/N-ethyl adjacent to an activating group) is 1. The van der Waals surface area contributed by atoms with Crippen molar-refractivity contribution in [1.82, 2.24) is 9.80 Å². The van der Waals surface area contributed by atoms with Gasteiger partial charge in [0.1, 0.15) is 11.6 Å². The van der Waals surface area contributed by atoms with Crippen molar-refractivity contribution in [2.45, 2.75) is 17.9 Å². The fourth-order valence-corrected chi connectivity index (χ4v) is 4.29. The lowest BCUT2D eigenvalue weighted by Gasteiger charge is -2.25. The average Bonchev–Trinajstić information content (AvgIpc) is 2.79. The highest BCUT2D eigenvalue weighted by molar-refractivity contribution is 7.92. The lowest BCUT2D eigenvalue weighted by atomic mass is 10.1. The molecular weight excluding hydrogens is 460 g/mol. The molecule has 9 heteroatoms. The maximum absolute atomic E-state index is 13.2. The fraction of sp³-hybridized carbons (Fsp3) is 0.240. The molecule has 0 atom stereocenters. The van der Waals surface area contributed by atoms with E-state index in [1.807, 2.05) is 19.0 Å². The van der Waals surface area contributed by atoms with E-state index < -0.39 is 15.8 Å². The van der Waals surface area contributed by atoms with Crippen LogP contribution in [0.3, 0.4) is 0 Å². The zero-order valence-corrected chi connectivity index (χ0v) is 19.9. The highest BCUT2D eigenvalue weighted by atomic mass is 32.2. The van der Waals surface area contributed by atoms with Gasteiger partial charge in [-0.25, -0.2) is 17.2 Å². The summed E-state index contributed by atoms with van der Waals surface area (Å²) < 4.78 is 53.7. The molecule has 0 heterocycles. The van der Waals surface area contributed by atoms with Gasteiger partial charge in [-0.2, -0.15) is 0 Å². The van der Waals surface area contributed by atoms with Crippen molar-refractivity contribution in [1.29, 1.82) is 0 Å². The van der Waals surface area contributed by atoms with Crippen molar-refractivity contribution in [2.75, 3.05) is 31.9 Å². The maximum Gasteiger partial charge on any atom is 0.261 e. The van der Waals surface area contributed by atoms with Crippen molar-refractivity contribution >= 4 is 21.6 Å². The smallest absolute Gasteiger partial charge is 0.261 e. The number of carbonyl (C=O) groups excluding carboxylic acids is 1. The SMILES string of the molecule is CN(C)CCN(Cc1ccc(F)cc1)C(=O)Cc1ccc(NS(=O)(=O)c2ccc(F)cc2)cc1. The van der Waals surface area contributed by atoms with E-state index in [1.54, 1.807) is 41.3 Å². The van der Waals surface area contributed by atoms with Gasteiger partial charge in [-0.05, 0) is 73.8 Å². The molecule has 0 saturated heterocycles. The molecule has 0 aliphatic heterocycles. The van der Waals surface area contributed by atoms with E-state index >= 15 is 0 Å². The molecule has 6 nitrogen and oxygen atoms in total. The lowest BCUT2D eigenvalue weighted by Crippen LogP contribution is -2.37. The van der Waals surface area contributed by atoms with Gasteiger partial charge < -0.3 is 9.80 Å². The van der Waals surface area contributed by atoms with Crippen molar-refractivity contribution in [2.24, 2.45) is 0 Å². The van der Waals surface area contributed by atoms with E-state index in [0.29, 0.717) is 25.3 Å². The molecule has 34 heavy (non-hydrogen) atoms. The van der Waals surface area contributed by atoms with Crippen LogP contribution in [0, 0.1) is 11.6 Å². The van der Waals surface area contributed by atoms with Gasteiger partial charge in [-0.1, -0.05) is 24.3 Å². The Labute approximate surface area is 198 Å². The van der Waals surface area contributed by atoms with Gasteiger partial charge in [-0.15, -0.1) is 0 Å². The fourth-order valence-electron chi connectivity index (χ4n) is 3.23. The summed E-state index contributed by atoms with van der Waals surface area (Å²) in [6.07, 6.45) is 0.139. The summed E-state index contributed by atoms with van der Waals surface area (Å²) in [6.45, 7) is 1.55. The van der Waals surface area contributed by atoms with E-state index in [0.717, 1.165) is 23.3 Å². The van der Waals surface area contributed by atoms with Crippen LogP contribution in [0.4, 0.5) is 14.5 Å². The van der Waals surface area contributed by atoms with Crippen molar-refractivity contribution in [3.63, 3.8) is 0 Å². The Morgan fingerprint density at radius 3 is 1.88 bits per heavy atom. The number of nitrogens with one attached hydrogen (secondary N) is 1. The summed E-state index contributed by atoms with van der Waals surface area (Å²) in [7, 11) is -0.0100. The largest absolute Gasteiger partial charge is 0.337 e. The van der Waals surface area contributed by atoms with Crippen LogP contribution in [0.2, 0.25) is 0 Å². The monoisotopic (exact) mass is 487 g/mol. The molecule has 3 aromatic carbocycles. The molecule has 1 amide bonds. The van der Waals surface area contributed by atoms with Gasteiger partial charge in [0, 0.05) is 25.3 Å². The second kappa shape index (κ2) is 11.2. The summed E-state index contributed by atoms with van der Waals surface area (Å²) in [5.41, 5.74) is 1.89. The topological polar surface area (TPSA) is 69.7 Å². The van der Waals surface area contributed by atoms with Crippen LogP contribution in [0.1, 0.15) is 11.1 Å². The van der Waals surface area contributed by atoms with Crippen LogP contribution in [-0.4, -0.2) is 51.3 Å². The zero-order chi connectivity index (χ0) is 24.7. The quantitative estimate of drug-likeness (QED) is 0.471. The Bertz CT molecular complexity index is 1200. The molecule has 0 radical (unpaired) electrons. The number of amides is 1. The third kappa shape index (κ3) is 7.36. The minimum Gasteiger partial charge on any atom is -0.337 e. The number of sulfonamides is 1. The Balaban J connectivity index is 1.66. The Hall–Kier alpha value is -3.30. The van der Waals surface area contributed by atoms with Crippen LogP contribution in [0.5, 0.6) is 0 Å². The molecule has 0 fully saturated rings. The van der Waals surface area contributed by atoms with Gasteiger partial charge in [0.05, 0.1) is 11.3 Å². The summed E-state index contributed by atoms with van der Waals surface area (Å²) in [4.78, 5) is 16.7. The summed E-state index contributed by atoms with van der Waals surface area (Å²) in [5.74, 6) is -0.942. The summed E-state index contributed by atoms with van der Waals surface area (Å²) in [6, 6.07) is 17.1. The third-order valence-corrected chi connectivity index (χ3v) is 6.54. The van der Waals surface area contributed by atoms with Crippen LogP contribution >= 0.6 is 0 Å². The number of benzene rings is 3. The minimum absolute atomic E-state index is 0.0505. The molecule has 0 bridgehead atoms. The molecule has 0 unspecified atom stereocenters. The molecule has 0 spiro atoms. The van der Waals surface area contributed by atoms with Gasteiger partial charge >= 0.3 is 0 Å². The Morgan fingerprint density at radius 2 is 1.32 bits per heavy atom. The molecule has 180 valence electrons. The third-order valence-electron chi connectivity index (χ3n) is 5.14. The van der Waals surface area contributed by atoms with Crippen LogP contribution < -0.4 is 4.72 Å². The minimum atomic E-state index is -3.86. The second-order valence-corrected chi connectivity index (χ2v) is 9.86. The molecule has 1 N–H and O–H groups in total. The van der Waals surface area contributed by atoms with Gasteiger partial charge in [-0.3, -0.25) is 9.52 Å². The molecule has 0 aliphatic rings. The number of anilines is 1. The molecule has 0 aliphatic carbocycles. The Kier molecular flexibility index (Phi) is 8.36. The first-order valence-corrected chi connectivity index (χ1v) is 12.1. The first kappa shape index (κ1) is 25.3. The van der Waals surface area contributed by atoms with Gasteiger partial charge in [0.25, 0.3) is 10.0 Å². The standard InChI is InChI=1S/C25H27F2N3O3S/c1-29(2)15-16-30(18-20-3-7-21(26)8-4-20)25(31)17-19-5-11-23(12-6-19)28-34(32,33)24-13-9-22(27)10-14-24/h3-14,28H,15-18H2,1-2H3. The number of nitrogens with zero attached hydrogens (tertiary/aromatic N) is 2. The second-order valence-electron chi connectivity index (χ2n) is 8.18. The van der Waals surface area contributed by atoms with Gasteiger partial charge in [0.15, 0.2) is 0 Å². The first-order chi connectivity index (χ1) is 16.1. The molecular formula is C25H27F2N3O3S. The lowest BCUT2D eigenvalue weighted by molar-refractivity contribution is -0.131. The highest BCUT2D eigenvalue weighted by Gasteiger charge is 2.17. The number of rotatable bonds is 10. The number of halogens is 2. The Morgan fingerprint density at radius 1 is 0.794 bits per heavy atom. The predicted molar refractivity (Wildman–Crippen MR) is 128 cm³/mol. The van der Waals surface area contributed by atoms with Crippen molar-refractivity contribution in [3.05, 3.63) is 95.6 Å². The van der Waals surface area contributed by atoms with E-state index in [2.05, 4.69) is 4.72 Å². The number of hydrogen-bond acceptors (Lipinski definition) is 4. The normalized spacial score (nSPS) is 11.4. The molecule has 0 saturated carbocycles. The molecule has 3 aromatic rings. The van der Waals surface area contributed by atoms with Crippen LogP contribution in [0.25, 0.3) is 0 Å². The van der Waals surface area contributed by atoms with Gasteiger partial charge in [0.2, 0.25) is 5.91 Å². The molecule has 3 rings (SSSR count). The number of carbonyl (C=O) groups is 1. The van der Waals surface area contributed by atoms with Crippen molar-refractivity contribution in [3.8, 4) is 0 Å².